The summed E-state index contributed by atoms with van der Waals surface area (Å²) in [6.07, 6.45) is 0.346. The van der Waals surface area contributed by atoms with Gasteiger partial charge >= 0.3 is 6.03 Å². The maximum absolute atomic E-state index is 12.0. The molecule has 0 aromatic heterocycles. The number of nitrogens with zero attached hydrogens (tertiary/aromatic N) is 1. The number of rotatable bonds is 8. The van der Waals surface area contributed by atoms with E-state index in [0.29, 0.717) is 6.42 Å². The third-order valence-corrected chi connectivity index (χ3v) is 7.17. The molecule has 0 aliphatic heterocycles. The Bertz CT molecular complexity index is 1100. The first-order valence-electron chi connectivity index (χ1n) is 8.27. The largest absolute Gasteiger partial charge is 0.398 e. The van der Waals surface area contributed by atoms with Crippen LogP contribution in [0, 0.1) is 0 Å². The van der Waals surface area contributed by atoms with E-state index >= 15 is 0 Å². The number of hydrogen-bond donors (Lipinski definition) is 3. The predicted octanol–water partition coefficient (Wildman–Crippen LogP) is 1.66. The number of amides is 2. The second-order valence-corrected chi connectivity index (χ2v) is 9.97. The van der Waals surface area contributed by atoms with Crippen molar-refractivity contribution in [2.45, 2.75) is 16.2 Å². The zero-order valence-electron chi connectivity index (χ0n) is 15.2. The van der Waals surface area contributed by atoms with Crippen molar-refractivity contribution in [2.75, 3.05) is 28.8 Å². The predicted molar refractivity (Wildman–Crippen MR) is 111 cm³/mol. The van der Waals surface area contributed by atoms with Crippen LogP contribution >= 0.6 is 11.6 Å². The standard InChI is InChI=1S/C17H20ClN3O6S2/c18-8-10-28(23,24)14-4-1-12(2-5-14)7-9-21(17(20)22)13-3-6-16(15(19)11-13)29(25,26)27/h1-6,11H,7-10,19H2,(H2,20,22)(H,25,26,27). The minimum absolute atomic E-state index is 0.00282. The number of carbonyl (C=O) groups is 1. The molecule has 12 heteroatoms. The number of hydrogen-bond acceptors (Lipinski definition) is 6. The lowest BCUT2D eigenvalue weighted by molar-refractivity contribution is 0.254. The maximum Gasteiger partial charge on any atom is 0.319 e. The van der Waals surface area contributed by atoms with Crippen molar-refractivity contribution in [3.8, 4) is 0 Å². The van der Waals surface area contributed by atoms with E-state index in [-0.39, 0.29) is 34.4 Å². The van der Waals surface area contributed by atoms with Crippen molar-refractivity contribution in [2.24, 2.45) is 5.73 Å². The third kappa shape index (κ3) is 5.82. The van der Waals surface area contributed by atoms with E-state index in [1.807, 2.05) is 0 Å². The van der Waals surface area contributed by atoms with Crippen LogP contribution in [-0.2, 0) is 26.4 Å². The summed E-state index contributed by atoms with van der Waals surface area (Å²) < 4.78 is 55.6. The molecule has 0 saturated heterocycles. The molecule has 0 aliphatic rings. The van der Waals surface area contributed by atoms with Crippen LogP contribution in [0.15, 0.2) is 52.3 Å². The number of nitrogen functional groups attached to an aromatic ring is 1. The van der Waals surface area contributed by atoms with Crippen molar-refractivity contribution in [1.29, 1.82) is 0 Å². The molecule has 0 aliphatic carbocycles. The van der Waals surface area contributed by atoms with E-state index in [1.54, 1.807) is 12.1 Å². The molecular formula is C17H20ClN3O6S2. The summed E-state index contributed by atoms with van der Waals surface area (Å²) in [5.41, 5.74) is 11.8. The van der Waals surface area contributed by atoms with Crippen LogP contribution in [0.2, 0.25) is 0 Å². The highest BCUT2D eigenvalue weighted by atomic mass is 35.5. The van der Waals surface area contributed by atoms with Gasteiger partial charge in [-0.3, -0.25) is 9.45 Å². The Morgan fingerprint density at radius 2 is 1.69 bits per heavy atom. The molecule has 0 bridgehead atoms. The summed E-state index contributed by atoms with van der Waals surface area (Å²) in [7, 11) is -7.92. The fourth-order valence-corrected chi connectivity index (χ4v) is 4.82. The number of carbonyl (C=O) groups excluding carboxylic acids is 1. The minimum Gasteiger partial charge on any atom is -0.398 e. The van der Waals surface area contributed by atoms with Crippen molar-refractivity contribution >= 4 is 49.0 Å². The topological polar surface area (TPSA) is 161 Å². The Kier molecular flexibility index (Phi) is 7.11. The molecule has 2 aromatic carbocycles. The van der Waals surface area contributed by atoms with Crippen molar-refractivity contribution in [3.05, 3.63) is 48.0 Å². The number of halogens is 1. The highest BCUT2D eigenvalue weighted by Gasteiger charge is 2.19. The first kappa shape index (κ1) is 22.9. The van der Waals surface area contributed by atoms with Gasteiger partial charge in [-0.15, -0.1) is 11.6 Å². The molecule has 2 aromatic rings. The van der Waals surface area contributed by atoms with Crippen LogP contribution in [-0.4, -0.2) is 45.6 Å². The van der Waals surface area contributed by atoms with E-state index in [2.05, 4.69) is 0 Å². The lowest BCUT2D eigenvalue weighted by atomic mass is 10.1. The van der Waals surface area contributed by atoms with Crippen molar-refractivity contribution in [1.82, 2.24) is 0 Å². The van der Waals surface area contributed by atoms with Gasteiger partial charge < -0.3 is 11.5 Å². The number of anilines is 2. The monoisotopic (exact) mass is 461 g/mol. The second-order valence-electron chi connectivity index (χ2n) is 6.09. The maximum atomic E-state index is 12.0. The lowest BCUT2D eigenvalue weighted by Gasteiger charge is -2.21. The van der Waals surface area contributed by atoms with Gasteiger partial charge in [-0.05, 0) is 42.3 Å². The number of sulfone groups is 1. The van der Waals surface area contributed by atoms with Gasteiger partial charge in [0.25, 0.3) is 10.1 Å². The number of nitrogens with two attached hydrogens (primary N) is 2. The van der Waals surface area contributed by atoms with Gasteiger partial charge in [-0.1, -0.05) is 12.1 Å². The molecule has 5 N–H and O–H groups in total. The Morgan fingerprint density at radius 1 is 1.07 bits per heavy atom. The summed E-state index contributed by atoms with van der Waals surface area (Å²) in [5, 5.41) is 0. The summed E-state index contributed by atoms with van der Waals surface area (Å²) in [5.74, 6) is -0.165. The molecular weight excluding hydrogens is 442 g/mol. The fraction of sp³-hybridized carbons (Fsp3) is 0.235. The second kappa shape index (κ2) is 8.99. The molecule has 0 atom stereocenters. The zero-order valence-corrected chi connectivity index (χ0v) is 17.5. The zero-order chi connectivity index (χ0) is 21.8. The van der Waals surface area contributed by atoms with E-state index in [1.165, 1.54) is 29.2 Å². The summed E-state index contributed by atoms with van der Waals surface area (Å²) in [4.78, 5) is 12.7. The molecule has 2 rings (SSSR count). The van der Waals surface area contributed by atoms with E-state index in [4.69, 9.17) is 27.6 Å². The quantitative estimate of drug-likeness (QED) is 0.306. The number of primary amides is 1. The number of benzene rings is 2. The molecule has 0 saturated carbocycles. The van der Waals surface area contributed by atoms with E-state index in [9.17, 15) is 21.6 Å². The van der Waals surface area contributed by atoms with Crippen LogP contribution in [0.5, 0.6) is 0 Å². The van der Waals surface area contributed by atoms with Crippen LogP contribution in [0.3, 0.4) is 0 Å². The Balaban J connectivity index is 2.18. The average Bonchev–Trinajstić information content (AvgIpc) is 2.61. The van der Waals surface area contributed by atoms with Gasteiger partial charge in [0.05, 0.1) is 16.3 Å². The molecule has 2 amide bonds. The summed E-state index contributed by atoms with van der Waals surface area (Å²) >= 11 is 5.50. The molecule has 0 unspecified atom stereocenters. The lowest BCUT2D eigenvalue weighted by Crippen LogP contribution is -2.37. The Hall–Kier alpha value is -2.34. The fourth-order valence-electron chi connectivity index (χ4n) is 2.63. The summed E-state index contributed by atoms with van der Waals surface area (Å²) in [6.45, 7) is 0.133. The van der Waals surface area contributed by atoms with Gasteiger partial charge in [-0.2, -0.15) is 8.42 Å². The van der Waals surface area contributed by atoms with Crippen LogP contribution in [0.25, 0.3) is 0 Å². The Labute approximate surface area is 173 Å². The molecule has 0 heterocycles. The SMILES string of the molecule is NC(=O)N(CCc1ccc(S(=O)(=O)CCCl)cc1)c1ccc(S(=O)(=O)O)c(N)c1. The van der Waals surface area contributed by atoms with E-state index < -0.39 is 30.9 Å². The Morgan fingerprint density at radius 3 is 2.17 bits per heavy atom. The normalized spacial score (nSPS) is 11.9. The highest BCUT2D eigenvalue weighted by molar-refractivity contribution is 7.91. The third-order valence-electron chi connectivity index (χ3n) is 4.10. The van der Waals surface area contributed by atoms with Gasteiger partial charge in [-0.25, -0.2) is 13.2 Å². The van der Waals surface area contributed by atoms with Crippen molar-refractivity contribution in [3.63, 3.8) is 0 Å². The minimum atomic E-state index is -4.49. The van der Waals surface area contributed by atoms with Crippen LogP contribution in [0.1, 0.15) is 5.56 Å². The van der Waals surface area contributed by atoms with Gasteiger partial charge in [0.1, 0.15) is 4.90 Å². The number of urea groups is 1. The van der Waals surface area contributed by atoms with Crippen LogP contribution in [0.4, 0.5) is 16.2 Å². The molecule has 0 spiro atoms. The average molecular weight is 462 g/mol. The highest BCUT2D eigenvalue weighted by Crippen LogP contribution is 2.25. The van der Waals surface area contributed by atoms with Crippen LogP contribution < -0.4 is 16.4 Å². The van der Waals surface area contributed by atoms with Gasteiger partial charge in [0, 0.05) is 18.1 Å². The first-order chi connectivity index (χ1) is 13.5. The molecule has 158 valence electrons. The smallest absolute Gasteiger partial charge is 0.319 e. The summed E-state index contributed by atoms with van der Waals surface area (Å²) in [6, 6.07) is 8.97. The first-order valence-corrected chi connectivity index (χ1v) is 11.9. The molecule has 29 heavy (non-hydrogen) atoms. The van der Waals surface area contributed by atoms with Gasteiger partial charge in [0.2, 0.25) is 0 Å². The number of alkyl halides is 1. The van der Waals surface area contributed by atoms with Crippen molar-refractivity contribution < 1.29 is 26.2 Å². The van der Waals surface area contributed by atoms with E-state index in [0.717, 1.165) is 11.6 Å². The molecule has 9 nitrogen and oxygen atoms in total. The molecule has 0 fully saturated rings. The van der Waals surface area contributed by atoms with Gasteiger partial charge in [0.15, 0.2) is 9.84 Å². The molecule has 0 radical (unpaired) electrons.